The molecule has 0 aliphatic carbocycles. The predicted octanol–water partition coefficient (Wildman–Crippen LogP) is 2.26. The number of halogens is 2. The van der Waals surface area contributed by atoms with E-state index >= 15 is 0 Å². The van der Waals surface area contributed by atoms with Gasteiger partial charge in [0.25, 0.3) is 0 Å². The molecule has 24 heavy (non-hydrogen) atoms. The van der Waals surface area contributed by atoms with Crippen LogP contribution in [0.5, 0.6) is 5.75 Å². The van der Waals surface area contributed by atoms with Gasteiger partial charge >= 0.3 is 12.7 Å². The lowest BCUT2D eigenvalue weighted by Crippen LogP contribution is -2.63. The van der Waals surface area contributed by atoms with E-state index in [1.165, 1.54) is 12.1 Å². The van der Waals surface area contributed by atoms with E-state index in [0.717, 1.165) is 5.56 Å². The molecule has 2 aromatic rings. The van der Waals surface area contributed by atoms with Gasteiger partial charge in [-0.05, 0) is 29.8 Å². The van der Waals surface area contributed by atoms with E-state index in [0.29, 0.717) is 17.9 Å². The molecule has 3 rings (SSSR count). The van der Waals surface area contributed by atoms with Gasteiger partial charge in [-0.3, -0.25) is 0 Å². The molecule has 2 heterocycles. The third-order valence-electron chi connectivity index (χ3n) is 3.65. The number of ether oxygens (including phenoxy) is 2. The average Bonchev–Trinajstić information content (AvgIpc) is 2.93. The number of hydrogen-bond donors (Lipinski definition) is 3. The van der Waals surface area contributed by atoms with Gasteiger partial charge in [-0.25, -0.2) is 9.78 Å². The highest BCUT2D eigenvalue weighted by molar-refractivity contribution is 5.66. The van der Waals surface area contributed by atoms with Crippen LogP contribution in [0.15, 0.2) is 30.5 Å². The summed E-state index contributed by atoms with van der Waals surface area (Å²) in [5.41, 5.74) is 0.774. The van der Waals surface area contributed by atoms with Crippen molar-refractivity contribution < 1.29 is 28.2 Å². The summed E-state index contributed by atoms with van der Waals surface area (Å²) in [4.78, 5) is 18.2. The minimum absolute atomic E-state index is 0.0738. The van der Waals surface area contributed by atoms with Crippen molar-refractivity contribution >= 4 is 6.09 Å². The number of nitrogens with zero attached hydrogens (tertiary/aromatic N) is 1. The molecular formula is C15H15F2N3O4. The minimum atomic E-state index is -2.86. The van der Waals surface area contributed by atoms with Gasteiger partial charge < -0.3 is 24.9 Å². The second kappa shape index (κ2) is 6.44. The Kier molecular flexibility index (Phi) is 4.34. The number of hydrogen-bond acceptors (Lipinski definition) is 4. The Morgan fingerprint density at radius 2 is 2.12 bits per heavy atom. The van der Waals surface area contributed by atoms with Gasteiger partial charge in [0.1, 0.15) is 11.6 Å². The normalized spacial score (nSPS) is 15.8. The van der Waals surface area contributed by atoms with Crippen molar-refractivity contribution in [3.8, 4) is 17.0 Å². The Morgan fingerprint density at radius 1 is 1.42 bits per heavy atom. The van der Waals surface area contributed by atoms with Gasteiger partial charge in [0.2, 0.25) is 0 Å². The van der Waals surface area contributed by atoms with Gasteiger partial charge in [0.15, 0.2) is 0 Å². The smallest absolute Gasteiger partial charge is 0.405 e. The van der Waals surface area contributed by atoms with Gasteiger partial charge in [-0.1, -0.05) is 0 Å². The van der Waals surface area contributed by atoms with Crippen molar-refractivity contribution in [2.45, 2.75) is 18.6 Å². The standard InChI is InChI=1S/C15H15F2N3O4/c16-13(17)24-10-3-1-9(2-4-10)11-6-18-12(19-11)5-15(7-23-8-15)20-14(21)22/h1-4,6,13,20H,5,7-8H2,(H,18,19)(H,21,22). The zero-order valence-corrected chi connectivity index (χ0v) is 12.5. The van der Waals surface area contributed by atoms with Gasteiger partial charge in [0.05, 0.1) is 30.6 Å². The molecule has 1 amide bonds. The average molecular weight is 339 g/mol. The van der Waals surface area contributed by atoms with Crippen LogP contribution in [0, 0.1) is 0 Å². The van der Waals surface area contributed by atoms with E-state index in [-0.39, 0.29) is 19.0 Å². The summed E-state index contributed by atoms with van der Waals surface area (Å²) in [7, 11) is 0. The second-order valence-electron chi connectivity index (χ2n) is 5.53. The number of amides is 1. The van der Waals surface area contributed by atoms with Crippen molar-refractivity contribution in [2.24, 2.45) is 0 Å². The Hall–Kier alpha value is -2.68. The molecule has 0 unspecified atom stereocenters. The summed E-state index contributed by atoms with van der Waals surface area (Å²) in [5, 5.41) is 11.4. The zero-order chi connectivity index (χ0) is 17.2. The highest BCUT2D eigenvalue weighted by atomic mass is 19.3. The molecule has 0 saturated carbocycles. The van der Waals surface area contributed by atoms with E-state index in [1.54, 1.807) is 18.3 Å². The lowest BCUT2D eigenvalue weighted by Gasteiger charge is -2.40. The molecule has 1 aromatic heterocycles. The van der Waals surface area contributed by atoms with Crippen molar-refractivity contribution in [1.82, 2.24) is 15.3 Å². The summed E-state index contributed by atoms with van der Waals surface area (Å²) in [5.74, 6) is 0.680. The molecule has 0 atom stereocenters. The number of H-pyrrole nitrogens is 1. The summed E-state index contributed by atoms with van der Waals surface area (Å²) >= 11 is 0. The van der Waals surface area contributed by atoms with Crippen molar-refractivity contribution in [1.29, 1.82) is 0 Å². The summed E-state index contributed by atoms with van der Waals surface area (Å²) < 4.78 is 33.7. The number of benzene rings is 1. The maximum atomic E-state index is 12.1. The summed E-state index contributed by atoms with van der Waals surface area (Å²) in [6.07, 6.45) is 0.859. The first-order valence-corrected chi connectivity index (χ1v) is 7.14. The van der Waals surface area contributed by atoms with Crippen LogP contribution >= 0.6 is 0 Å². The minimum Gasteiger partial charge on any atom is -0.465 e. The fraction of sp³-hybridized carbons (Fsp3) is 0.333. The number of carboxylic acid groups (broad SMARTS) is 1. The van der Waals surface area contributed by atoms with E-state index in [2.05, 4.69) is 20.0 Å². The van der Waals surface area contributed by atoms with Crippen molar-refractivity contribution in [2.75, 3.05) is 13.2 Å². The highest BCUT2D eigenvalue weighted by Gasteiger charge is 2.41. The second-order valence-corrected chi connectivity index (χ2v) is 5.53. The first-order chi connectivity index (χ1) is 11.5. The zero-order valence-electron chi connectivity index (χ0n) is 12.5. The Labute approximate surface area is 135 Å². The Morgan fingerprint density at radius 3 is 2.67 bits per heavy atom. The molecule has 7 nitrogen and oxygen atoms in total. The van der Waals surface area contributed by atoms with Crippen LogP contribution in [-0.2, 0) is 11.2 Å². The van der Waals surface area contributed by atoms with Crippen LogP contribution in [0.3, 0.4) is 0 Å². The van der Waals surface area contributed by atoms with Crippen molar-refractivity contribution in [3.63, 3.8) is 0 Å². The molecule has 1 saturated heterocycles. The summed E-state index contributed by atoms with van der Waals surface area (Å²) in [6.45, 7) is -2.29. The predicted molar refractivity (Wildman–Crippen MR) is 79.1 cm³/mol. The van der Waals surface area contributed by atoms with Crippen LogP contribution in [-0.4, -0.2) is 46.5 Å². The number of imidazole rings is 1. The van der Waals surface area contributed by atoms with E-state index in [9.17, 15) is 13.6 Å². The Bertz CT molecular complexity index is 714. The first-order valence-electron chi connectivity index (χ1n) is 7.14. The molecule has 128 valence electrons. The molecule has 1 aliphatic heterocycles. The maximum absolute atomic E-state index is 12.1. The lowest BCUT2D eigenvalue weighted by atomic mass is 9.93. The number of carbonyl (C=O) groups is 1. The lowest BCUT2D eigenvalue weighted by molar-refractivity contribution is -0.0706. The molecule has 1 aliphatic rings. The largest absolute Gasteiger partial charge is 0.465 e. The first kappa shape index (κ1) is 16.2. The molecular weight excluding hydrogens is 324 g/mol. The number of aromatic nitrogens is 2. The van der Waals surface area contributed by atoms with E-state index < -0.39 is 18.2 Å². The molecule has 0 spiro atoms. The van der Waals surface area contributed by atoms with Crippen LogP contribution < -0.4 is 10.1 Å². The molecule has 1 fully saturated rings. The van der Waals surface area contributed by atoms with Gasteiger partial charge in [-0.15, -0.1) is 0 Å². The SMILES string of the molecule is O=C(O)NC1(Cc2ncc(-c3ccc(OC(F)F)cc3)[nH]2)COC1. The quantitative estimate of drug-likeness (QED) is 0.750. The fourth-order valence-electron chi connectivity index (χ4n) is 2.53. The van der Waals surface area contributed by atoms with Crippen LogP contribution in [0.1, 0.15) is 5.82 Å². The highest BCUT2D eigenvalue weighted by Crippen LogP contribution is 2.25. The number of aromatic amines is 1. The third-order valence-corrected chi connectivity index (χ3v) is 3.65. The fourth-order valence-corrected chi connectivity index (χ4v) is 2.53. The van der Waals surface area contributed by atoms with Crippen LogP contribution in [0.4, 0.5) is 13.6 Å². The molecule has 1 aromatic carbocycles. The topological polar surface area (TPSA) is 96.5 Å². The van der Waals surface area contributed by atoms with Gasteiger partial charge in [0, 0.05) is 6.42 Å². The molecule has 0 bridgehead atoms. The van der Waals surface area contributed by atoms with E-state index in [4.69, 9.17) is 9.84 Å². The number of rotatable bonds is 6. The molecule has 3 N–H and O–H groups in total. The maximum Gasteiger partial charge on any atom is 0.405 e. The van der Waals surface area contributed by atoms with Crippen LogP contribution in [0.2, 0.25) is 0 Å². The molecule has 0 radical (unpaired) electrons. The molecule has 9 heteroatoms. The number of alkyl halides is 2. The Balaban J connectivity index is 1.70. The van der Waals surface area contributed by atoms with Crippen molar-refractivity contribution in [3.05, 3.63) is 36.3 Å². The van der Waals surface area contributed by atoms with Gasteiger partial charge in [-0.2, -0.15) is 8.78 Å². The van der Waals surface area contributed by atoms with E-state index in [1.807, 2.05) is 0 Å². The monoisotopic (exact) mass is 339 g/mol. The summed E-state index contributed by atoms with van der Waals surface area (Å²) in [6, 6.07) is 6.14. The number of nitrogens with one attached hydrogen (secondary N) is 2. The van der Waals surface area contributed by atoms with Crippen LogP contribution in [0.25, 0.3) is 11.3 Å². The third kappa shape index (κ3) is 3.62.